The van der Waals surface area contributed by atoms with Crippen molar-refractivity contribution in [2.45, 2.75) is 130 Å². The largest absolute Gasteiger partial charge is 0.459 e. The van der Waals surface area contributed by atoms with E-state index >= 15 is 0 Å². The van der Waals surface area contributed by atoms with Gasteiger partial charge in [-0.2, -0.15) is 0 Å². The van der Waals surface area contributed by atoms with Gasteiger partial charge in [0.2, 0.25) is 0 Å². The topological polar surface area (TPSA) is 52.6 Å². The first-order valence-electron chi connectivity index (χ1n) is 15.6. The zero-order chi connectivity index (χ0) is 29.3. The maximum Gasteiger partial charge on any atom is 0.314 e. The molecule has 0 heterocycles. The lowest BCUT2D eigenvalue weighted by Crippen LogP contribution is -2.35. The van der Waals surface area contributed by atoms with Gasteiger partial charge in [-0.1, -0.05) is 71.9 Å². The highest BCUT2D eigenvalue weighted by Gasteiger charge is 2.36. The summed E-state index contributed by atoms with van der Waals surface area (Å²) in [5, 5.41) is 0. The summed E-state index contributed by atoms with van der Waals surface area (Å²) in [7, 11) is 0. The van der Waals surface area contributed by atoms with Gasteiger partial charge in [0.05, 0.1) is 11.8 Å². The molecule has 4 nitrogen and oxygen atoms in total. The van der Waals surface area contributed by atoms with Gasteiger partial charge in [-0.3, -0.25) is 9.59 Å². The first-order chi connectivity index (χ1) is 18.9. The van der Waals surface area contributed by atoms with Crippen molar-refractivity contribution < 1.29 is 19.1 Å². The van der Waals surface area contributed by atoms with E-state index in [-0.39, 0.29) is 29.2 Å². The second-order valence-corrected chi connectivity index (χ2v) is 13.4. The van der Waals surface area contributed by atoms with Crippen LogP contribution in [0, 0.1) is 18.8 Å². The highest BCUT2D eigenvalue weighted by Crippen LogP contribution is 2.44. The molecule has 0 amide bonds. The Morgan fingerprint density at radius 3 is 2.02 bits per heavy atom. The number of carbonyl (C=O) groups is 2. The quantitative estimate of drug-likeness (QED) is 0.233. The van der Waals surface area contributed by atoms with Crippen LogP contribution in [0.15, 0.2) is 36.4 Å². The fraction of sp³-hybridized carbons (Fsp3) is 0.611. The van der Waals surface area contributed by atoms with E-state index in [4.69, 9.17) is 9.47 Å². The number of esters is 2. The molecular weight excluding hydrogens is 496 g/mol. The van der Waals surface area contributed by atoms with Crippen molar-refractivity contribution in [1.29, 1.82) is 0 Å². The van der Waals surface area contributed by atoms with Crippen LogP contribution in [-0.4, -0.2) is 17.5 Å². The van der Waals surface area contributed by atoms with E-state index in [1.807, 2.05) is 33.8 Å². The highest BCUT2D eigenvalue weighted by atomic mass is 16.6. The van der Waals surface area contributed by atoms with Crippen molar-refractivity contribution >= 4 is 11.9 Å². The zero-order valence-electron chi connectivity index (χ0n) is 26.1. The van der Waals surface area contributed by atoms with Gasteiger partial charge in [-0.15, -0.1) is 0 Å². The Morgan fingerprint density at radius 2 is 1.45 bits per heavy atom. The first-order valence-corrected chi connectivity index (χ1v) is 15.6. The predicted molar refractivity (Wildman–Crippen MR) is 162 cm³/mol. The number of hydrogen-bond acceptors (Lipinski definition) is 4. The summed E-state index contributed by atoms with van der Waals surface area (Å²) in [5.74, 6) is 0.0184. The molecule has 1 atom stereocenters. The van der Waals surface area contributed by atoms with Crippen molar-refractivity contribution in [2.75, 3.05) is 0 Å². The third-order valence-corrected chi connectivity index (χ3v) is 10.5. The minimum atomic E-state index is -0.401. The summed E-state index contributed by atoms with van der Waals surface area (Å²) in [6, 6.07) is 13.3. The third kappa shape index (κ3) is 6.02. The summed E-state index contributed by atoms with van der Waals surface area (Å²) in [4.78, 5) is 25.8. The SMILES string of the molecule is CCC(C)(CC)OC(=O)C1CCC(C(=O)Oc2ccc(C(C)(C)c3ccc4c(c3)CCC4(C)CC)cc2C)CC1. The number of benzene rings is 2. The molecule has 0 aromatic heterocycles. The number of hydrogen-bond donors (Lipinski definition) is 0. The number of aryl methyl sites for hydroxylation is 2. The smallest absolute Gasteiger partial charge is 0.314 e. The van der Waals surface area contributed by atoms with Crippen LogP contribution < -0.4 is 4.74 Å². The number of ether oxygens (including phenoxy) is 2. The van der Waals surface area contributed by atoms with E-state index in [2.05, 4.69) is 58.0 Å². The molecule has 1 unspecified atom stereocenters. The van der Waals surface area contributed by atoms with Gasteiger partial charge >= 0.3 is 11.9 Å². The van der Waals surface area contributed by atoms with Crippen LogP contribution in [0.25, 0.3) is 0 Å². The van der Waals surface area contributed by atoms with Crippen LogP contribution in [-0.2, 0) is 31.6 Å². The Hall–Kier alpha value is -2.62. The molecular formula is C36H50O4. The van der Waals surface area contributed by atoms with Crippen molar-refractivity contribution in [3.8, 4) is 5.75 Å². The molecule has 40 heavy (non-hydrogen) atoms. The molecule has 0 bridgehead atoms. The molecule has 0 N–H and O–H groups in total. The van der Waals surface area contributed by atoms with Crippen LogP contribution >= 0.6 is 0 Å². The molecule has 218 valence electrons. The molecule has 2 aromatic carbocycles. The van der Waals surface area contributed by atoms with E-state index < -0.39 is 5.60 Å². The Balaban J connectivity index is 1.39. The van der Waals surface area contributed by atoms with Gasteiger partial charge in [0.15, 0.2) is 0 Å². The van der Waals surface area contributed by atoms with E-state index in [1.165, 1.54) is 35.1 Å². The second-order valence-electron chi connectivity index (χ2n) is 13.4. The van der Waals surface area contributed by atoms with Crippen LogP contribution in [0.3, 0.4) is 0 Å². The van der Waals surface area contributed by atoms with E-state index in [1.54, 1.807) is 0 Å². The van der Waals surface area contributed by atoms with Gasteiger partial charge in [0.25, 0.3) is 0 Å². The van der Waals surface area contributed by atoms with E-state index in [0.29, 0.717) is 36.8 Å². The molecule has 0 aliphatic heterocycles. The van der Waals surface area contributed by atoms with Crippen molar-refractivity contribution in [1.82, 2.24) is 0 Å². The predicted octanol–water partition coefficient (Wildman–Crippen LogP) is 8.77. The summed E-state index contributed by atoms with van der Waals surface area (Å²) in [5.41, 5.74) is 6.25. The van der Waals surface area contributed by atoms with Gasteiger partial charge in [-0.25, -0.2) is 0 Å². The zero-order valence-corrected chi connectivity index (χ0v) is 26.1. The van der Waals surface area contributed by atoms with Gasteiger partial charge < -0.3 is 9.47 Å². The van der Waals surface area contributed by atoms with Crippen molar-refractivity contribution in [2.24, 2.45) is 11.8 Å². The molecule has 4 heteroatoms. The Labute approximate surface area is 242 Å². The Morgan fingerprint density at radius 1 is 0.875 bits per heavy atom. The van der Waals surface area contributed by atoms with Gasteiger partial charge in [0.1, 0.15) is 11.4 Å². The summed E-state index contributed by atoms with van der Waals surface area (Å²) < 4.78 is 11.7. The average molecular weight is 547 g/mol. The van der Waals surface area contributed by atoms with Gasteiger partial charge in [-0.05, 0) is 111 Å². The minimum absolute atomic E-state index is 0.116. The molecule has 4 rings (SSSR count). The van der Waals surface area contributed by atoms with Crippen LogP contribution in [0.5, 0.6) is 5.75 Å². The van der Waals surface area contributed by atoms with Crippen molar-refractivity contribution in [3.05, 3.63) is 64.2 Å². The van der Waals surface area contributed by atoms with E-state index in [9.17, 15) is 9.59 Å². The lowest BCUT2D eigenvalue weighted by molar-refractivity contribution is -0.166. The summed E-state index contributed by atoms with van der Waals surface area (Å²) in [6.07, 6.45) is 7.82. The lowest BCUT2D eigenvalue weighted by atomic mass is 9.75. The van der Waals surface area contributed by atoms with Crippen LogP contribution in [0.1, 0.15) is 128 Å². The fourth-order valence-electron chi connectivity index (χ4n) is 6.49. The first kappa shape index (κ1) is 30.3. The van der Waals surface area contributed by atoms with E-state index in [0.717, 1.165) is 24.8 Å². The standard InChI is InChI=1S/C36H50O4/c1-9-35(7)21-20-27-23-29(16-18-30(27)35)34(5,6)28-17-19-31(24(4)22-28)39-32(37)25-12-14-26(15-13-25)33(38)40-36(8,10-2)11-3/h16-19,22-23,25-26H,9-15,20-21H2,1-8H3. The molecule has 2 aliphatic carbocycles. The monoisotopic (exact) mass is 546 g/mol. The highest BCUT2D eigenvalue weighted by molar-refractivity contribution is 5.77. The van der Waals surface area contributed by atoms with Crippen LogP contribution in [0.4, 0.5) is 0 Å². The lowest BCUT2D eigenvalue weighted by Gasteiger charge is -2.32. The number of carbonyl (C=O) groups excluding carboxylic acids is 2. The maximum absolute atomic E-state index is 13.1. The third-order valence-electron chi connectivity index (χ3n) is 10.5. The van der Waals surface area contributed by atoms with Crippen LogP contribution in [0.2, 0.25) is 0 Å². The van der Waals surface area contributed by atoms with Gasteiger partial charge in [0, 0.05) is 5.41 Å². The molecule has 2 aromatic rings. The normalized spacial score (nSPS) is 23.0. The number of rotatable bonds is 9. The number of fused-ring (bicyclic) bond motifs is 1. The fourth-order valence-corrected chi connectivity index (χ4v) is 6.49. The molecule has 0 radical (unpaired) electrons. The summed E-state index contributed by atoms with van der Waals surface area (Å²) >= 11 is 0. The average Bonchev–Trinajstić information content (AvgIpc) is 3.30. The summed E-state index contributed by atoms with van der Waals surface area (Å²) in [6.45, 7) is 17.3. The molecule has 2 aliphatic rings. The molecule has 1 fully saturated rings. The Bertz CT molecular complexity index is 1230. The maximum atomic E-state index is 13.1. The second kappa shape index (κ2) is 11.7. The molecule has 1 saturated carbocycles. The Kier molecular flexibility index (Phi) is 8.88. The molecule has 0 saturated heterocycles. The minimum Gasteiger partial charge on any atom is -0.459 e. The molecule has 0 spiro atoms. The van der Waals surface area contributed by atoms with Crippen molar-refractivity contribution in [3.63, 3.8) is 0 Å².